The Morgan fingerprint density at radius 1 is 0.920 bits per heavy atom. The number of carbonyl (C=O) groups excluding carboxylic acids is 4. The third-order valence-electron chi connectivity index (χ3n) is 21.2. The van der Waals surface area contributed by atoms with Gasteiger partial charge in [0.25, 0.3) is 5.91 Å². The van der Waals surface area contributed by atoms with E-state index in [1.54, 1.807) is 0 Å². The Morgan fingerprint density at radius 3 is 2.47 bits per heavy atom. The van der Waals surface area contributed by atoms with E-state index in [1.165, 1.54) is 5.01 Å². The number of aromatic nitrogens is 2. The third kappa shape index (κ3) is 12.1. The van der Waals surface area contributed by atoms with E-state index in [0.717, 1.165) is 141 Å². The van der Waals surface area contributed by atoms with Crippen LogP contribution in [0.2, 0.25) is 0 Å². The van der Waals surface area contributed by atoms with Crippen molar-refractivity contribution >= 4 is 51.3 Å². The van der Waals surface area contributed by atoms with E-state index in [9.17, 15) is 13.8 Å². The van der Waals surface area contributed by atoms with Crippen molar-refractivity contribution in [2.24, 2.45) is 22.7 Å². The van der Waals surface area contributed by atoms with Gasteiger partial charge < -0.3 is 29.2 Å². The highest BCUT2D eigenvalue weighted by Gasteiger charge is 2.64. The van der Waals surface area contributed by atoms with Gasteiger partial charge in [-0.05, 0) is 162 Å². The number of aryl methyl sites for hydroxylation is 1. The highest BCUT2D eigenvalue weighted by Crippen LogP contribution is 2.52. The van der Waals surface area contributed by atoms with Crippen LogP contribution in [0.3, 0.4) is 0 Å². The maximum Gasteiger partial charge on any atom is 0.324 e. The van der Waals surface area contributed by atoms with Gasteiger partial charge in [-0.1, -0.05) is 58.7 Å². The highest BCUT2D eigenvalue weighted by atomic mass is 32.2. The summed E-state index contributed by atoms with van der Waals surface area (Å²) < 4.78 is 45.4. The van der Waals surface area contributed by atoms with Crippen molar-refractivity contribution in [3.63, 3.8) is 0 Å². The van der Waals surface area contributed by atoms with Crippen molar-refractivity contribution in [2.75, 3.05) is 83.6 Å². The largest absolute Gasteiger partial charge is 0.464 e. The summed E-state index contributed by atoms with van der Waals surface area (Å²) in [6, 6.07) is 12.4. The van der Waals surface area contributed by atoms with Gasteiger partial charge in [0.05, 0.1) is 66.0 Å². The van der Waals surface area contributed by atoms with Gasteiger partial charge in [-0.3, -0.25) is 39.0 Å². The Bertz CT molecular complexity index is 3350. The molecule has 2 aliphatic carbocycles. The fourth-order valence-corrected chi connectivity index (χ4v) is 17.9. The molecule has 13 rings (SSSR count). The Morgan fingerprint density at radius 2 is 1.72 bits per heavy atom. The van der Waals surface area contributed by atoms with E-state index < -0.39 is 51.9 Å². The third-order valence-corrected chi connectivity index (χ3v) is 23.1. The fraction of sp³-hybridized carbons (Fsp3) is 0.667. The number of anilines is 1. The molecule has 1 unspecified atom stereocenters. The van der Waals surface area contributed by atoms with Crippen molar-refractivity contribution in [2.45, 2.75) is 193 Å². The smallest absolute Gasteiger partial charge is 0.324 e. The zero-order valence-electron chi connectivity index (χ0n) is 53.4. The number of benzene rings is 2. The number of cyclic esters (lactones) is 1. The molecular formula is C69H95FN10O7S. The first-order valence-corrected chi connectivity index (χ1v) is 34.5. The van der Waals surface area contributed by atoms with Crippen molar-refractivity contribution in [3.05, 3.63) is 71.0 Å². The summed E-state index contributed by atoms with van der Waals surface area (Å²) in [6.07, 6.45) is 11.4. The minimum absolute atomic E-state index is 0.0461. The highest BCUT2D eigenvalue weighted by molar-refractivity contribution is 7.84. The second-order valence-electron chi connectivity index (χ2n) is 29.7. The van der Waals surface area contributed by atoms with Crippen LogP contribution in [0.5, 0.6) is 0 Å². The first kappa shape index (κ1) is 61.5. The minimum atomic E-state index is -1.27. The number of piperazine rings is 1. The van der Waals surface area contributed by atoms with Crippen LogP contribution in [-0.4, -0.2) is 181 Å². The quantitative estimate of drug-likeness (QED) is 0.103. The molecule has 2 saturated carbocycles. The molecule has 7 aliphatic heterocycles. The topological polar surface area (TPSA) is 165 Å². The van der Waals surface area contributed by atoms with Gasteiger partial charge in [0.15, 0.2) is 0 Å². The Kier molecular flexibility index (Phi) is 17.1. The number of pyridine rings is 1. The molecule has 476 valence electrons. The summed E-state index contributed by atoms with van der Waals surface area (Å²) in [5.74, 6) is -0.261. The molecular weight excluding hydrogens is 1130 g/mol. The molecule has 6 saturated heterocycles. The molecule has 2 aromatic heterocycles. The van der Waals surface area contributed by atoms with E-state index in [4.69, 9.17) is 14.5 Å². The molecule has 8 fully saturated rings. The number of hydrazine groups is 1. The Hall–Kier alpha value is -5.31. The van der Waals surface area contributed by atoms with Crippen LogP contribution in [0.4, 0.5) is 10.1 Å². The van der Waals surface area contributed by atoms with Gasteiger partial charge in [0, 0.05) is 92.6 Å². The number of amides is 3. The molecule has 3 amide bonds. The average molecular weight is 1230 g/mol. The van der Waals surface area contributed by atoms with Gasteiger partial charge in [-0.25, -0.2) is 18.3 Å². The number of alkyl halides is 1. The van der Waals surface area contributed by atoms with Crippen LogP contribution in [0.25, 0.3) is 33.3 Å². The number of nitrogens with zero attached hydrogens (tertiary/aromatic N) is 8. The van der Waals surface area contributed by atoms with Crippen molar-refractivity contribution < 1.29 is 37.3 Å². The van der Waals surface area contributed by atoms with Crippen LogP contribution in [0, 0.1) is 22.7 Å². The second kappa shape index (κ2) is 24.4. The zero-order valence-corrected chi connectivity index (χ0v) is 54.2. The molecule has 4 aromatic rings. The molecule has 9 heterocycles. The van der Waals surface area contributed by atoms with Crippen LogP contribution >= 0.6 is 0 Å². The SMILES string of the molecule is CCn1c(-c2cc(N3CCN4CCOC[C@@H]4C3)cnc2C(C)C)c2c3cc(ccc31)-c1cc(CF)cc(c1)C[C@H](NC(=O)[C@H](C1CCCC1)N1CC[C@]3(CCN(C(=O)[C@H]4[C@@H](C5CC5)N4[S@](=O)C(C)(C)C)C3)C1)C(=O)N1CCC[C@H](N1)C(=O)OCC(C)(C)C2. The number of esters is 1. The Labute approximate surface area is 522 Å². The van der Waals surface area contributed by atoms with Gasteiger partial charge in [0.2, 0.25) is 11.8 Å². The number of fused-ring (bicyclic) bond motifs is 7. The molecule has 1 spiro atoms. The predicted octanol–water partition coefficient (Wildman–Crippen LogP) is 8.56. The number of halogens is 1. The zero-order chi connectivity index (χ0) is 61.6. The van der Waals surface area contributed by atoms with E-state index in [0.29, 0.717) is 81.6 Å². The number of nitrogens with one attached hydrogen (secondary N) is 2. The predicted molar refractivity (Wildman–Crippen MR) is 341 cm³/mol. The first-order valence-electron chi connectivity index (χ1n) is 33.4. The molecule has 9 aliphatic rings. The lowest BCUT2D eigenvalue weighted by molar-refractivity contribution is -0.155. The maximum absolute atomic E-state index is 15.5. The number of ether oxygens (including phenoxy) is 2. The molecule has 2 N–H and O–H groups in total. The standard InChI is InChI=1S/C69H95FN10O7S/c1-9-78-57-19-18-48-33-52(57)54(61(78)53-34-50(37-71-58(53)43(2)3)75-26-25-74-27-28-86-39-51(74)38-75)35-68(7,8)42-87-66(84)55-15-12-22-79(73-55)64(82)56(32-44-29-45(36-70)31-49(48)30-44)72-63(81)60(46-13-10-11-14-46)76-23-20-69(40-76)21-24-77(41-69)65(83)62-59(47-16-17-47)80(62)88(85)67(4,5)6/h18-19,29-31,33-34,37,43,46-47,51,55-56,59-60,62,73H,9-17,20-28,32,35-36,38-42H2,1-8H3,(H,72,81)/t51-,55-,56-,59+,60-,62+,69-,80?,88+/m0/s1. The second-order valence-corrected chi connectivity index (χ2v) is 31.9. The van der Waals surface area contributed by atoms with Gasteiger partial charge in [-0.15, -0.1) is 0 Å². The summed E-state index contributed by atoms with van der Waals surface area (Å²) in [5, 5.41) is 5.92. The summed E-state index contributed by atoms with van der Waals surface area (Å²) in [4.78, 5) is 74.4. The molecule has 2 aromatic carbocycles. The number of hydrogen-bond acceptors (Lipinski definition) is 12. The van der Waals surface area contributed by atoms with Crippen molar-refractivity contribution in [1.29, 1.82) is 0 Å². The normalized spacial score (nSPS) is 29.0. The molecule has 6 bridgehead atoms. The van der Waals surface area contributed by atoms with E-state index >= 15 is 14.0 Å². The molecule has 17 nitrogen and oxygen atoms in total. The number of hydrogen-bond donors (Lipinski definition) is 2. The number of likely N-dealkylation sites (tertiary alicyclic amines) is 2. The van der Waals surface area contributed by atoms with E-state index in [-0.39, 0.29) is 60.1 Å². The molecule has 19 heteroatoms. The van der Waals surface area contributed by atoms with Crippen molar-refractivity contribution in [3.8, 4) is 22.4 Å². The number of rotatable bonds is 12. The van der Waals surface area contributed by atoms with Crippen molar-refractivity contribution in [1.82, 2.24) is 44.3 Å². The molecule has 88 heavy (non-hydrogen) atoms. The Balaban J connectivity index is 0.829. The lowest BCUT2D eigenvalue weighted by Crippen LogP contribution is -2.62. The first-order chi connectivity index (χ1) is 42.2. The van der Waals surface area contributed by atoms with Crippen LogP contribution in [0.15, 0.2) is 48.7 Å². The van der Waals surface area contributed by atoms with Gasteiger partial charge >= 0.3 is 5.97 Å². The van der Waals surface area contributed by atoms with Crippen LogP contribution < -0.4 is 15.6 Å². The average Bonchev–Trinajstić information content (AvgIpc) is 1.57. The monoisotopic (exact) mass is 1230 g/mol. The van der Waals surface area contributed by atoms with E-state index in [2.05, 4.69) is 95.0 Å². The minimum Gasteiger partial charge on any atom is -0.464 e. The summed E-state index contributed by atoms with van der Waals surface area (Å²) in [5.41, 5.74) is 11.9. The summed E-state index contributed by atoms with van der Waals surface area (Å²) >= 11 is 0. The van der Waals surface area contributed by atoms with Gasteiger partial charge in [0.1, 0.15) is 35.8 Å². The maximum atomic E-state index is 15.5. The van der Waals surface area contributed by atoms with Gasteiger partial charge in [-0.2, -0.15) is 0 Å². The fourth-order valence-electron chi connectivity index (χ4n) is 16.4. The number of carbonyl (C=O) groups is 4. The van der Waals surface area contributed by atoms with Crippen LogP contribution in [-0.2, 0) is 65.7 Å². The number of morpholine rings is 1. The molecule has 9 atom stereocenters. The summed E-state index contributed by atoms with van der Waals surface area (Å²) in [7, 11) is -1.27. The van der Waals surface area contributed by atoms with E-state index in [1.807, 2.05) is 48.3 Å². The summed E-state index contributed by atoms with van der Waals surface area (Å²) in [6.45, 7) is 25.1. The molecule has 0 radical (unpaired) electrons. The lowest BCUT2D eigenvalue weighted by Gasteiger charge is -2.44. The lowest BCUT2D eigenvalue weighted by atomic mass is 9.83. The van der Waals surface area contributed by atoms with Crippen LogP contribution in [0.1, 0.15) is 148 Å².